The molecule has 1 aliphatic heterocycles. The fourth-order valence-corrected chi connectivity index (χ4v) is 5.10. The summed E-state index contributed by atoms with van der Waals surface area (Å²) in [6, 6.07) is 15.8. The Morgan fingerprint density at radius 1 is 1.16 bits per heavy atom. The van der Waals surface area contributed by atoms with E-state index in [1.807, 2.05) is 48.5 Å². The number of tetrazole rings is 1. The van der Waals surface area contributed by atoms with Crippen LogP contribution in [0.2, 0.25) is 5.15 Å². The molecule has 0 saturated carbocycles. The topological polar surface area (TPSA) is 121 Å². The van der Waals surface area contributed by atoms with E-state index in [0.29, 0.717) is 23.1 Å². The van der Waals surface area contributed by atoms with Crippen LogP contribution in [0.4, 0.5) is 0 Å². The van der Waals surface area contributed by atoms with E-state index in [-0.39, 0.29) is 12.0 Å². The van der Waals surface area contributed by atoms with Gasteiger partial charge in [-0.05, 0) is 53.8 Å². The molecule has 1 aliphatic rings. The number of benzene rings is 2. The summed E-state index contributed by atoms with van der Waals surface area (Å²) in [6.07, 6.45) is 5.44. The highest BCUT2D eigenvalue weighted by Gasteiger charge is 2.29. The highest BCUT2D eigenvalue weighted by atomic mass is 35.5. The van der Waals surface area contributed by atoms with E-state index in [0.717, 1.165) is 73.1 Å². The van der Waals surface area contributed by atoms with Crippen LogP contribution in [-0.2, 0) is 22.4 Å². The highest BCUT2D eigenvalue weighted by Crippen LogP contribution is 2.34. The third-order valence-corrected chi connectivity index (χ3v) is 7.14. The SMILES string of the molecule is CCCCc1nc(Cl)c([C@H](Cc2ccc(-c3ccccc3)c(-c3nn[nH]n3)c2)OC(=O)[C@@H]2CCCCN2)[nH]1. The summed E-state index contributed by atoms with van der Waals surface area (Å²) in [5, 5.41) is 18.4. The summed E-state index contributed by atoms with van der Waals surface area (Å²) in [4.78, 5) is 21.0. The fourth-order valence-electron chi connectivity index (χ4n) is 4.83. The Morgan fingerprint density at radius 2 is 2.03 bits per heavy atom. The van der Waals surface area contributed by atoms with E-state index in [4.69, 9.17) is 16.3 Å². The number of rotatable bonds is 10. The number of hydrogen-bond acceptors (Lipinski definition) is 7. The van der Waals surface area contributed by atoms with Crippen LogP contribution in [0.5, 0.6) is 0 Å². The van der Waals surface area contributed by atoms with Crippen LogP contribution in [0.25, 0.3) is 22.5 Å². The van der Waals surface area contributed by atoms with Gasteiger partial charge >= 0.3 is 5.97 Å². The van der Waals surface area contributed by atoms with Crippen molar-refractivity contribution in [1.29, 1.82) is 0 Å². The lowest BCUT2D eigenvalue weighted by molar-refractivity contribution is -0.152. The van der Waals surface area contributed by atoms with Crippen LogP contribution in [0.3, 0.4) is 0 Å². The Hall–Kier alpha value is -3.56. The van der Waals surface area contributed by atoms with Gasteiger partial charge in [-0.25, -0.2) is 4.98 Å². The lowest BCUT2D eigenvalue weighted by Crippen LogP contribution is -2.42. The number of hydrogen-bond donors (Lipinski definition) is 3. The number of aromatic nitrogens is 6. The zero-order valence-corrected chi connectivity index (χ0v) is 22.2. The molecule has 0 amide bonds. The predicted molar refractivity (Wildman–Crippen MR) is 145 cm³/mol. The minimum absolute atomic E-state index is 0.269. The van der Waals surface area contributed by atoms with Crippen molar-refractivity contribution in [3.63, 3.8) is 0 Å². The summed E-state index contributed by atoms with van der Waals surface area (Å²) in [6.45, 7) is 2.94. The second kappa shape index (κ2) is 12.3. The molecule has 3 heterocycles. The standard InChI is InChI=1S/C28H32ClN7O2/c1-2-3-12-24-31-25(26(29)32-24)23(38-28(37)22-11-7-8-15-30-22)17-18-13-14-20(19-9-5-4-6-10-19)21(16-18)27-33-35-36-34-27/h4-6,9-10,13-14,16,22-23,30H,2-3,7-8,11-12,15,17H2,1H3,(H,31,32)(H,33,34,35,36)/t22-,23-/m0/s1. The number of nitrogens with one attached hydrogen (secondary N) is 3. The van der Waals surface area contributed by atoms with Crippen molar-refractivity contribution >= 4 is 17.6 Å². The third kappa shape index (κ3) is 6.11. The molecule has 3 N–H and O–H groups in total. The second-order valence-electron chi connectivity index (χ2n) is 9.61. The Kier molecular flexibility index (Phi) is 8.45. The Labute approximate surface area is 226 Å². The van der Waals surface area contributed by atoms with Crippen LogP contribution in [-0.4, -0.2) is 49.1 Å². The molecule has 5 rings (SSSR count). The van der Waals surface area contributed by atoms with Crippen molar-refractivity contribution in [2.24, 2.45) is 0 Å². The van der Waals surface area contributed by atoms with E-state index in [2.05, 4.69) is 42.8 Å². The number of carbonyl (C=O) groups is 1. The van der Waals surface area contributed by atoms with Gasteiger partial charge in [0.05, 0.1) is 5.69 Å². The number of ether oxygens (including phenoxy) is 1. The number of imidazole rings is 1. The number of aryl methyl sites for hydroxylation is 1. The van der Waals surface area contributed by atoms with E-state index in [1.54, 1.807) is 0 Å². The molecule has 198 valence electrons. The molecule has 0 spiro atoms. The van der Waals surface area contributed by atoms with Gasteiger partial charge in [-0.2, -0.15) is 5.21 Å². The van der Waals surface area contributed by atoms with Gasteiger partial charge in [0.15, 0.2) is 5.15 Å². The summed E-state index contributed by atoms with van der Waals surface area (Å²) in [5.74, 6) is 1.03. The van der Waals surface area contributed by atoms with Crippen molar-refractivity contribution in [2.45, 2.75) is 64.0 Å². The van der Waals surface area contributed by atoms with Gasteiger partial charge in [0.2, 0.25) is 5.82 Å². The second-order valence-corrected chi connectivity index (χ2v) is 9.96. The van der Waals surface area contributed by atoms with Crippen LogP contribution in [0.1, 0.15) is 62.2 Å². The third-order valence-electron chi connectivity index (χ3n) is 6.85. The number of carbonyl (C=O) groups excluding carboxylic acids is 1. The molecule has 1 fully saturated rings. The molecular weight excluding hydrogens is 502 g/mol. The smallest absolute Gasteiger partial charge is 0.323 e. The van der Waals surface area contributed by atoms with Gasteiger partial charge in [0, 0.05) is 18.4 Å². The van der Waals surface area contributed by atoms with Crippen molar-refractivity contribution in [3.05, 3.63) is 70.8 Å². The first kappa shape index (κ1) is 26.1. The van der Waals surface area contributed by atoms with Gasteiger partial charge in [0.1, 0.15) is 18.0 Å². The normalized spacial score (nSPS) is 16.3. The maximum atomic E-state index is 13.2. The van der Waals surface area contributed by atoms with E-state index < -0.39 is 6.10 Å². The molecule has 0 unspecified atom stereocenters. The molecule has 10 heteroatoms. The van der Waals surface area contributed by atoms with Crippen molar-refractivity contribution < 1.29 is 9.53 Å². The van der Waals surface area contributed by atoms with Gasteiger partial charge in [-0.15, -0.1) is 10.2 Å². The lowest BCUT2D eigenvalue weighted by Gasteiger charge is -2.25. The molecule has 1 saturated heterocycles. The van der Waals surface area contributed by atoms with Crippen molar-refractivity contribution in [2.75, 3.05) is 6.54 Å². The van der Waals surface area contributed by atoms with Crippen LogP contribution in [0, 0.1) is 0 Å². The summed E-state index contributed by atoms with van der Waals surface area (Å²) in [7, 11) is 0. The average Bonchev–Trinajstić information content (AvgIpc) is 3.62. The molecule has 9 nitrogen and oxygen atoms in total. The van der Waals surface area contributed by atoms with E-state index in [9.17, 15) is 4.79 Å². The first-order chi connectivity index (χ1) is 18.6. The highest BCUT2D eigenvalue weighted by molar-refractivity contribution is 6.30. The van der Waals surface area contributed by atoms with Gasteiger partial charge in [0.25, 0.3) is 0 Å². The summed E-state index contributed by atoms with van der Waals surface area (Å²) >= 11 is 6.59. The largest absolute Gasteiger partial charge is 0.454 e. The van der Waals surface area contributed by atoms with Gasteiger partial charge < -0.3 is 15.0 Å². The number of aromatic amines is 2. The summed E-state index contributed by atoms with van der Waals surface area (Å²) < 4.78 is 6.12. The lowest BCUT2D eigenvalue weighted by atomic mass is 9.95. The first-order valence-electron chi connectivity index (χ1n) is 13.2. The minimum Gasteiger partial charge on any atom is -0.454 e. The number of esters is 1. The number of nitrogens with zero attached hydrogens (tertiary/aromatic N) is 4. The first-order valence-corrected chi connectivity index (χ1v) is 13.6. The van der Waals surface area contributed by atoms with Gasteiger partial charge in [-0.1, -0.05) is 73.8 Å². The maximum Gasteiger partial charge on any atom is 0.323 e. The van der Waals surface area contributed by atoms with Crippen molar-refractivity contribution in [3.8, 4) is 22.5 Å². The molecule has 38 heavy (non-hydrogen) atoms. The molecule has 2 aromatic heterocycles. The monoisotopic (exact) mass is 533 g/mol. The summed E-state index contributed by atoms with van der Waals surface area (Å²) in [5.41, 5.74) is 4.43. The minimum atomic E-state index is -0.623. The molecular formula is C28H32ClN7O2. The average molecular weight is 534 g/mol. The number of piperidine rings is 1. The van der Waals surface area contributed by atoms with Crippen LogP contribution in [0.15, 0.2) is 48.5 Å². The maximum absolute atomic E-state index is 13.2. The van der Waals surface area contributed by atoms with Crippen molar-refractivity contribution in [1.82, 2.24) is 35.9 Å². The van der Waals surface area contributed by atoms with E-state index >= 15 is 0 Å². The fraction of sp³-hybridized carbons (Fsp3) is 0.393. The molecule has 0 aliphatic carbocycles. The molecule has 4 aromatic rings. The molecule has 0 radical (unpaired) electrons. The molecule has 2 atom stereocenters. The number of halogens is 1. The Balaban J connectivity index is 1.48. The zero-order valence-electron chi connectivity index (χ0n) is 21.4. The van der Waals surface area contributed by atoms with Gasteiger partial charge in [-0.3, -0.25) is 4.79 Å². The Bertz CT molecular complexity index is 1330. The Morgan fingerprint density at radius 3 is 2.76 bits per heavy atom. The zero-order chi connectivity index (χ0) is 26.3. The quantitative estimate of drug-likeness (QED) is 0.239. The predicted octanol–water partition coefficient (Wildman–Crippen LogP) is 5.22. The number of H-pyrrole nitrogens is 2. The van der Waals surface area contributed by atoms with E-state index in [1.165, 1.54) is 0 Å². The molecule has 0 bridgehead atoms. The molecule has 2 aromatic carbocycles. The number of unbranched alkanes of at least 4 members (excludes halogenated alkanes) is 1. The van der Waals surface area contributed by atoms with Crippen LogP contribution >= 0.6 is 11.6 Å². The van der Waals surface area contributed by atoms with Crippen LogP contribution < -0.4 is 5.32 Å².